The van der Waals surface area contributed by atoms with E-state index >= 15 is 0 Å². The number of hydrogen-bond donors (Lipinski definition) is 1. The van der Waals surface area contributed by atoms with Crippen molar-refractivity contribution in [3.8, 4) is 0 Å². The molecule has 3 nitrogen and oxygen atoms in total. The second-order valence-electron chi connectivity index (χ2n) is 4.78. The second-order valence-corrected chi connectivity index (χ2v) is 5.89. The molecule has 0 bridgehead atoms. The Hall–Kier alpha value is -1.55. The minimum absolute atomic E-state index is 0.548. The molecule has 4 heteroatoms. The number of aldehydes is 1. The van der Waals surface area contributed by atoms with Crippen molar-refractivity contribution in [2.24, 2.45) is 5.41 Å². The van der Waals surface area contributed by atoms with Crippen LogP contribution in [-0.4, -0.2) is 22.2 Å². The van der Waals surface area contributed by atoms with E-state index in [4.69, 9.17) is 0 Å². The molecule has 0 amide bonds. The highest BCUT2D eigenvalue weighted by atomic mass is 32.2. The quantitative estimate of drug-likeness (QED) is 0.830. The molecule has 92 valence electrons. The van der Waals surface area contributed by atoms with Crippen LogP contribution in [0.1, 0.15) is 18.3 Å². The van der Waals surface area contributed by atoms with Gasteiger partial charge in [-0.3, -0.25) is 5.10 Å². The van der Waals surface area contributed by atoms with Gasteiger partial charge in [0.25, 0.3) is 0 Å². The Bertz CT molecular complexity index is 583. The van der Waals surface area contributed by atoms with Gasteiger partial charge in [-0.25, -0.2) is 0 Å². The van der Waals surface area contributed by atoms with E-state index in [1.54, 1.807) is 0 Å². The van der Waals surface area contributed by atoms with Crippen LogP contribution in [0.25, 0.3) is 5.57 Å². The van der Waals surface area contributed by atoms with Crippen molar-refractivity contribution in [3.63, 3.8) is 0 Å². The Morgan fingerprint density at radius 1 is 1.50 bits per heavy atom. The SMILES string of the molecule is CC1(C=O)C=CC=CC(c2n[nH]c3c2SCC3)=C1. The van der Waals surface area contributed by atoms with E-state index in [-0.39, 0.29) is 0 Å². The molecule has 0 fully saturated rings. The zero-order chi connectivity index (χ0) is 12.6. The molecule has 1 aliphatic carbocycles. The van der Waals surface area contributed by atoms with Gasteiger partial charge < -0.3 is 4.79 Å². The van der Waals surface area contributed by atoms with Crippen molar-refractivity contribution in [1.82, 2.24) is 10.2 Å². The number of aromatic nitrogens is 2. The van der Waals surface area contributed by atoms with Gasteiger partial charge in [0.05, 0.1) is 16.0 Å². The Kier molecular flexibility index (Phi) is 2.74. The fourth-order valence-electron chi connectivity index (χ4n) is 2.22. The molecular weight excluding hydrogens is 244 g/mol. The molecule has 0 aromatic carbocycles. The van der Waals surface area contributed by atoms with Gasteiger partial charge in [0.15, 0.2) is 0 Å². The number of aryl methyl sites for hydroxylation is 1. The highest BCUT2D eigenvalue weighted by Gasteiger charge is 2.24. The fourth-order valence-corrected chi connectivity index (χ4v) is 3.35. The Morgan fingerprint density at radius 2 is 2.39 bits per heavy atom. The molecule has 0 saturated carbocycles. The summed E-state index contributed by atoms with van der Waals surface area (Å²) >= 11 is 1.83. The van der Waals surface area contributed by atoms with Crippen LogP contribution >= 0.6 is 11.8 Å². The number of hydrogen-bond acceptors (Lipinski definition) is 3. The summed E-state index contributed by atoms with van der Waals surface area (Å²) in [4.78, 5) is 12.5. The van der Waals surface area contributed by atoms with Crippen LogP contribution < -0.4 is 0 Å². The van der Waals surface area contributed by atoms with Crippen LogP contribution in [0, 0.1) is 5.41 Å². The third-order valence-electron chi connectivity index (χ3n) is 3.23. The molecule has 2 aliphatic rings. The molecule has 1 aromatic heterocycles. The minimum atomic E-state index is -0.548. The lowest BCUT2D eigenvalue weighted by Crippen LogP contribution is -2.11. The number of carbonyl (C=O) groups excluding carboxylic acids is 1. The molecule has 0 radical (unpaired) electrons. The maximum absolute atomic E-state index is 11.2. The summed E-state index contributed by atoms with van der Waals surface area (Å²) in [5, 5.41) is 7.49. The predicted molar refractivity (Wildman–Crippen MR) is 73.4 cm³/mol. The maximum Gasteiger partial charge on any atom is 0.133 e. The third-order valence-corrected chi connectivity index (χ3v) is 4.36. The van der Waals surface area contributed by atoms with Crippen molar-refractivity contribution < 1.29 is 4.79 Å². The molecule has 1 aliphatic heterocycles. The predicted octanol–water partition coefficient (Wildman–Crippen LogP) is 2.77. The minimum Gasteiger partial charge on any atom is -0.302 e. The normalized spacial score (nSPS) is 25.7. The second kappa shape index (κ2) is 4.28. The zero-order valence-corrected chi connectivity index (χ0v) is 11.0. The lowest BCUT2D eigenvalue weighted by Gasteiger charge is -2.13. The Morgan fingerprint density at radius 3 is 3.22 bits per heavy atom. The molecule has 0 saturated heterocycles. The van der Waals surface area contributed by atoms with E-state index in [1.807, 2.05) is 49.1 Å². The van der Waals surface area contributed by atoms with Crippen LogP contribution in [0.5, 0.6) is 0 Å². The third kappa shape index (κ3) is 1.86. The largest absolute Gasteiger partial charge is 0.302 e. The topological polar surface area (TPSA) is 45.8 Å². The van der Waals surface area contributed by atoms with Gasteiger partial charge >= 0.3 is 0 Å². The highest BCUT2D eigenvalue weighted by Crippen LogP contribution is 2.38. The average molecular weight is 258 g/mol. The molecule has 1 atom stereocenters. The molecule has 1 unspecified atom stereocenters. The average Bonchev–Trinajstić information content (AvgIpc) is 2.91. The van der Waals surface area contributed by atoms with E-state index in [1.165, 1.54) is 10.6 Å². The first-order chi connectivity index (χ1) is 8.72. The van der Waals surface area contributed by atoms with Crippen molar-refractivity contribution in [3.05, 3.63) is 41.8 Å². The number of allylic oxidation sites excluding steroid dienone is 6. The number of fused-ring (bicyclic) bond motifs is 1. The highest BCUT2D eigenvalue weighted by molar-refractivity contribution is 7.99. The van der Waals surface area contributed by atoms with E-state index in [0.29, 0.717) is 0 Å². The van der Waals surface area contributed by atoms with E-state index in [9.17, 15) is 4.79 Å². The van der Waals surface area contributed by atoms with Crippen molar-refractivity contribution in [1.29, 1.82) is 0 Å². The molecule has 1 aromatic rings. The summed E-state index contributed by atoms with van der Waals surface area (Å²) in [6.45, 7) is 1.91. The van der Waals surface area contributed by atoms with Crippen LogP contribution in [0.15, 0.2) is 35.3 Å². The fraction of sp³-hybridized carbons (Fsp3) is 0.286. The molecule has 3 rings (SSSR count). The summed E-state index contributed by atoms with van der Waals surface area (Å²) in [6.07, 6.45) is 11.8. The number of thioether (sulfide) groups is 1. The maximum atomic E-state index is 11.2. The first kappa shape index (κ1) is 11.5. The van der Waals surface area contributed by atoms with Crippen LogP contribution in [0.3, 0.4) is 0 Å². The Balaban J connectivity index is 2.08. The van der Waals surface area contributed by atoms with Gasteiger partial charge in [-0.2, -0.15) is 5.10 Å². The zero-order valence-electron chi connectivity index (χ0n) is 10.1. The molecular formula is C14H14N2OS. The van der Waals surface area contributed by atoms with Crippen molar-refractivity contribution in [2.45, 2.75) is 18.2 Å². The number of nitrogens with one attached hydrogen (secondary N) is 1. The smallest absolute Gasteiger partial charge is 0.133 e. The van der Waals surface area contributed by atoms with Crippen LogP contribution in [-0.2, 0) is 11.2 Å². The first-order valence-electron chi connectivity index (χ1n) is 5.97. The molecule has 2 heterocycles. The summed E-state index contributed by atoms with van der Waals surface area (Å²) in [5.74, 6) is 1.11. The van der Waals surface area contributed by atoms with Gasteiger partial charge in [-0.1, -0.05) is 30.4 Å². The summed E-state index contributed by atoms with van der Waals surface area (Å²) in [7, 11) is 0. The van der Waals surface area contributed by atoms with Crippen molar-refractivity contribution in [2.75, 3.05) is 5.75 Å². The van der Waals surface area contributed by atoms with E-state index in [2.05, 4.69) is 10.2 Å². The number of rotatable bonds is 2. The van der Waals surface area contributed by atoms with E-state index in [0.717, 1.165) is 29.7 Å². The molecule has 1 N–H and O–H groups in total. The lowest BCUT2D eigenvalue weighted by molar-refractivity contribution is -0.111. The standard InChI is InChI=1S/C14H14N2OS/c1-14(9-17)6-3-2-4-10(8-14)12-13-11(15-16-12)5-7-18-13/h2-4,6,8-9H,5,7H2,1H3,(H,15,16). The Labute approximate surface area is 110 Å². The van der Waals surface area contributed by atoms with Gasteiger partial charge in [-0.05, 0) is 13.3 Å². The molecule has 18 heavy (non-hydrogen) atoms. The van der Waals surface area contributed by atoms with Crippen molar-refractivity contribution >= 4 is 23.6 Å². The first-order valence-corrected chi connectivity index (χ1v) is 6.96. The lowest BCUT2D eigenvalue weighted by atomic mass is 9.90. The van der Waals surface area contributed by atoms with E-state index < -0.39 is 5.41 Å². The van der Waals surface area contributed by atoms with Crippen LogP contribution in [0.2, 0.25) is 0 Å². The van der Waals surface area contributed by atoms with Gasteiger partial charge in [-0.15, -0.1) is 11.8 Å². The number of carbonyl (C=O) groups is 1. The van der Waals surface area contributed by atoms with Crippen LogP contribution in [0.4, 0.5) is 0 Å². The summed E-state index contributed by atoms with van der Waals surface area (Å²) in [5.41, 5.74) is 2.66. The summed E-state index contributed by atoms with van der Waals surface area (Å²) < 4.78 is 0. The van der Waals surface area contributed by atoms with Gasteiger partial charge in [0, 0.05) is 11.3 Å². The molecule has 0 spiro atoms. The summed E-state index contributed by atoms with van der Waals surface area (Å²) in [6, 6.07) is 0. The number of H-pyrrole nitrogens is 1. The monoisotopic (exact) mass is 258 g/mol. The number of aromatic amines is 1. The van der Waals surface area contributed by atoms with Gasteiger partial charge in [0.2, 0.25) is 0 Å². The van der Waals surface area contributed by atoms with Gasteiger partial charge in [0.1, 0.15) is 12.0 Å². The number of nitrogens with zero attached hydrogens (tertiary/aromatic N) is 1.